The zero-order valence-electron chi connectivity index (χ0n) is 12.8. The topological polar surface area (TPSA) is 38.7 Å². The Kier molecular flexibility index (Phi) is 4.11. The summed E-state index contributed by atoms with van der Waals surface area (Å²) in [7, 11) is 0. The Hall–Kier alpha value is -3.06. The molecular formula is C19H14FN3. The molecule has 2 aromatic carbocycles. The first-order chi connectivity index (χ1) is 11.1. The van der Waals surface area contributed by atoms with Crippen molar-refractivity contribution in [2.75, 3.05) is 0 Å². The minimum absolute atomic E-state index is 0.236. The fourth-order valence-corrected chi connectivity index (χ4v) is 2.26. The maximum atomic E-state index is 13.0. The molecule has 0 aliphatic rings. The Balaban J connectivity index is 1.89. The molecule has 4 heteroatoms. The van der Waals surface area contributed by atoms with Crippen molar-refractivity contribution in [3.63, 3.8) is 0 Å². The number of hydrogen-bond donors (Lipinski definition) is 0. The molecule has 0 aliphatic carbocycles. The summed E-state index contributed by atoms with van der Waals surface area (Å²) in [6.07, 6.45) is 1.59. The summed E-state index contributed by atoms with van der Waals surface area (Å²) in [5.41, 5.74) is 4.77. The van der Waals surface area contributed by atoms with Crippen LogP contribution < -0.4 is 0 Å². The highest BCUT2D eigenvalue weighted by atomic mass is 19.1. The van der Waals surface area contributed by atoms with E-state index < -0.39 is 0 Å². The van der Waals surface area contributed by atoms with Crippen LogP contribution in [0, 0.1) is 31.5 Å². The first-order valence-corrected chi connectivity index (χ1v) is 7.17. The number of aromatic nitrogens is 3. The Morgan fingerprint density at radius 2 is 1.74 bits per heavy atom. The number of rotatable bonds is 1. The maximum Gasteiger partial charge on any atom is 0.226 e. The monoisotopic (exact) mass is 303 g/mol. The lowest BCUT2D eigenvalue weighted by Gasteiger charge is -2.06. The van der Waals surface area contributed by atoms with Crippen molar-refractivity contribution >= 4 is 0 Å². The van der Waals surface area contributed by atoms with E-state index in [-0.39, 0.29) is 5.82 Å². The highest BCUT2D eigenvalue weighted by Gasteiger charge is 2.03. The molecule has 1 heterocycles. The van der Waals surface area contributed by atoms with Crippen LogP contribution in [0.2, 0.25) is 0 Å². The van der Waals surface area contributed by atoms with Gasteiger partial charge in [0, 0.05) is 5.56 Å². The second-order valence-electron chi connectivity index (χ2n) is 5.21. The highest BCUT2D eigenvalue weighted by molar-refractivity contribution is 5.68. The molecule has 112 valence electrons. The summed E-state index contributed by atoms with van der Waals surface area (Å²) in [5, 5.41) is 7.71. The summed E-state index contributed by atoms with van der Waals surface area (Å²) in [6.45, 7) is 3.86. The van der Waals surface area contributed by atoms with Crippen molar-refractivity contribution in [1.82, 2.24) is 15.2 Å². The SMILES string of the molecule is Cc1cnnc(C#Cc2ccc(-c3ccc(F)cc3)c(C)c2)n1. The van der Waals surface area contributed by atoms with E-state index in [1.54, 1.807) is 18.3 Å². The van der Waals surface area contributed by atoms with E-state index in [0.29, 0.717) is 5.82 Å². The van der Waals surface area contributed by atoms with Gasteiger partial charge in [-0.15, -0.1) is 5.10 Å². The van der Waals surface area contributed by atoms with Crippen LogP contribution in [0.3, 0.4) is 0 Å². The van der Waals surface area contributed by atoms with Crippen LogP contribution in [0.25, 0.3) is 11.1 Å². The van der Waals surface area contributed by atoms with Crippen LogP contribution in [0.5, 0.6) is 0 Å². The molecule has 0 bridgehead atoms. The predicted octanol–water partition coefficient (Wildman–Crippen LogP) is 3.69. The van der Waals surface area contributed by atoms with Crippen molar-refractivity contribution in [2.45, 2.75) is 13.8 Å². The van der Waals surface area contributed by atoms with Gasteiger partial charge in [-0.05, 0) is 60.7 Å². The van der Waals surface area contributed by atoms with E-state index in [0.717, 1.165) is 27.9 Å². The summed E-state index contributed by atoms with van der Waals surface area (Å²) < 4.78 is 13.0. The third kappa shape index (κ3) is 3.58. The van der Waals surface area contributed by atoms with Crippen LogP contribution in [-0.4, -0.2) is 15.2 Å². The largest absolute Gasteiger partial charge is 0.226 e. The fourth-order valence-electron chi connectivity index (χ4n) is 2.26. The summed E-state index contributed by atoms with van der Waals surface area (Å²) in [4.78, 5) is 4.20. The van der Waals surface area contributed by atoms with Crippen LogP contribution in [0.4, 0.5) is 4.39 Å². The van der Waals surface area contributed by atoms with E-state index in [2.05, 4.69) is 27.0 Å². The van der Waals surface area contributed by atoms with Crippen LogP contribution in [0.15, 0.2) is 48.7 Å². The van der Waals surface area contributed by atoms with Gasteiger partial charge in [0.15, 0.2) is 0 Å². The molecule has 0 fully saturated rings. The highest BCUT2D eigenvalue weighted by Crippen LogP contribution is 2.24. The lowest BCUT2D eigenvalue weighted by molar-refractivity contribution is 0.628. The third-order valence-electron chi connectivity index (χ3n) is 3.38. The molecular weight excluding hydrogens is 289 g/mol. The van der Waals surface area contributed by atoms with Crippen molar-refractivity contribution in [3.8, 4) is 23.0 Å². The smallest absolute Gasteiger partial charge is 0.223 e. The average molecular weight is 303 g/mol. The Labute approximate surface area is 134 Å². The van der Waals surface area contributed by atoms with E-state index in [1.165, 1.54) is 12.1 Å². The van der Waals surface area contributed by atoms with Crippen LogP contribution in [0.1, 0.15) is 22.6 Å². The molecule has 0 radical (unpaired) electrons. The Bertz CT molecular complexity index is 906. The number of nitrogens with zero attached hydrogens (tertiary/aromatic N) is 3. The van der Waals surface area contributed by atoms with Gasteiger partial charge in [-0.1, -0.05) is 24.1 Å². The molecule has 0 saturated carbocycles. The summed E-state index contributed by atoms with van der Waals surface area (Å²) >= 11 is 0. The molecule has 23 heavy (non-hydrogen) atoms. The van der Waals surface area contributed by atoms with Gasteiger partial charge < -0.3 is 0 Å². The van der Waals surface area contributed by atoms with Crippen molar-refractivity contribution in [2.24, 2.45) is 0 Å². The first kappa shape index (κ1) is 14.9. The Morgan fingerprint density at radius 3 is 2.43 bits per heavy atom. The second kappa shape index (κ2) is 6.37. The van der Waals surface area contributed by atoms with E-state index in [4.69, 9.17) is 0 Å². The zero-order valence-corrected chi connectivity index (χ0v) is 12.8. The van der Waals surface area contributed by atoms with Gasteiger partial charge in [-0.2, -0.15) is 5.10 Å². The van der Waals surface area contributed by atoms with E-state index >= 15 is 0 Å². The average Bonchev–Trinajstić information content (AvgIpc) is 2.54. The normalized spacial score (nSPS) is 10.0. The van der Waals surface area contributed by atoms with Gasteiger partial charge in [-0.3, -0.25) is 0 Å². The Morgan fingerprint density at radius 1 is 0.957 bits per heavy atom. The lowest BCUT2D eigenvalue weighted by Crippen LogP contribution is -1.94. The van der Waals surface area contributed by atoms with Gasteiger partial charge in [0.2, 0.25) is 5.82 Å². The van der Waals surface area contributed by atoms with Crippen molar-refractivity contribution in [1.29, 1.82) is 0 Å². The lowest BCUT2D eigenvalue weighted by atomic mass is 9.98. The van der Waals surface area contributed by atoms with Gasteiger partial charge in [0.05, 0.1) is 11.9 Å². The number of benzene rings is 2. The molecule has 3 rings (SSSR count). The van der Waals surface area contributed by atoms with Crippen molar-refractivity contribution in [3.05, 3.63) is 77.1 Å². The molecule has 0 amide bonds. The van der Waals surface area contributed by atoms with E-state index in [1.807, 2.05) is 32.0 Å². The van der Waals surface area contributed by atoms with Crippen LogP contribution in [-0.2, 0) is 0 Å². The van der Waals surface area contributed by atoms with Crippen LogP contribution >= 0.6 is 0 Å². The molecule has 0 atom stereocenters. The van der Waals surface area contributed by atoms with Gasteiger partial charge in [-0.25, -0.2) is 9.37 Å². The second-order valence-corrected chi connectivity index (χ2v) is 5.21. The summed E-state index contributed by atoms with van der Waals surface area (Å²) in [5.74, 6) is 6.13. The maximum absolute atomic E-state index is 13.0. The molecule has 0 spiro atoms. The zero-order chi connectivity index (χ0) is 16.2. The molecule has 0 N–H and O–H groups in total. The molecule has 3 nitrogen and oxygen atoms in total. The number of hydrogen-bond acceptors (Lipinski definition) is 3. The van der Waals surface area contributed by atoms with Gasteiger partial charge >= 0.3 is 0 Å². The molecule has 0 unspecified atom stereocenters. The quantitative estimate of drug-likeness (QED) is 0.643. The first-order valence-electron chi connectivity index (χ1n) is 7.17. The minimum atomic E-state index is -0.236. The molecule has 1 aromatic heterocycles. The van der Waals surface area contributed by atoms with Gasteiger partial charge in [0.25, 0.3) is 0 Å². The molecule has 0 aliphatic heterocycles. The number of aryl methyl sites for hydroxylation is 2. The van der Waals surface area contributed by atoms with Gasteiger partial charge in [0.1, 0.15) is 5.82 Å². The number of halogens is 1. The summed E-state index contributed by atoms with van der Waals surface area (Å²) in [6, 6.07) is 12.4. The molecule has 3 aromatic rings. The van der Waals surface area contributed by atoms with Crippen molar-refractivity contribution < 1.29 is 4.39 Å². The fraction of sp³-hybridized carbons (Fsp3) is 0.105. The van der Waals surface area contributed by atoms with E-state index in [9.17, 15) is 4.39 Å². The molecule has 0 saturated heterocycles. The minimum Gasteiger partial charge on any atom is -0.223 e. The standard InChI is InChI=1S/C19H14FN3/c1-13-11-15(4-10-19-22-14(2)12-21-23-19)3-9-18(13)16-5-7-17(20)8-6-16/h3,5-9,11-12H,1-2H3. The predicted molar refractivity (Wildman–Crippen MR) is 87.1 cm³/mol. The third-order valence-corrected chi connectivity index (χ3v) is 3.38.